The zero-order valence-corrected chi connectivity index (χ0v) is 12.9. The first-order valence-electron chi connectivity index (χ1n) is 6.40. The highest BCUT2D eigenvalue weighted by molar-refractivity contribution is 5.86. The fourth-order valence-electron chi connectivity index (χ4n) is 2.40. The van der Waals surface area contributed by atoms with Crippen molar-refractivity contribution in [1.29, 1.82) is 0 Å². The van der Waals surface area contributed by atoms with Crippen LogP contribution in [0.5, 0.6) is 0 Å². The summed E-state index contributed by atoms with van der Waals surface area (Å²) in [6.07, 6.45) is 2.63. The number of esters is 1. The lowest BCUT2D eigenvalue weighted by molar-refractivity contribution is 0.0594. The van der Waals surface area contributed by atoms with Crippen LogP contribution in [0.2, 0.25) is 0 Å². The fourth-order valence-corrected chi connectivity index (χ4v) is 2.40. The lowest BCUT2D eigenvalue weighted by Gasteiger charge is -2.26. The van der Waals surface area contributed by atoms with Crippen LogP contribution in [0.3, 0.4) is 0 Å². The molecule has 7 nitrogen and oxygen atoms in total. The second kappa shape index (κ2) is 6.51. The van der Waals surface area contributed by atoms with Crippen molar-refractivity contribution in [3.05, 3.63) is 11.9 Å². The first kappa shape index (κ1) is 16.9. The number of nitrogens with two attached hydrogens (primary N) is 1. The molecule has 2 N–H and O–H groups in total. The van der Waals surface area contributed by atoms with Gasteiger partial charge < -0.3 is 10.5 Å². The third-order valence-electron chi connectivity index (χ3n) is 3.16. The molecule has 8 heteroatoms. The average Bonchev–Trinajstić information content (AvgIpc) is 2.93. The Kier molecular flexibility index (Phi) is 5.50. The van der Waals surface area contributed by atoms with Gasteiger partial charge in [0.2, 0.25) is 0 Å². The molecule has 0 amide bonds. The van der Waals surface area contributed by atoms with Crippen LogP contribution in [-0.4, -0.2) is 58.1 Å². The van der Waals surface area contributed by atoms with Gasteiger partial charge in [0.25, 0.3) is 0 Å². The van der Waals surface area contributed by atoms with E-state index in [4.69, 9.17) is 5.73 Å². The molecule has 2 heterocycles. The van der Waals surface area contributed by atoms with Gasteiger partial charge in [-0.3, -0.25) is 4.90 Å². The second-order valence-electron chi connectivity index (χ2n) is 5.74. The van der Waals surface area contributed by atoms with Gasteiger partial charge in [0.15, 0.2) is 5.69 Å². The molecule has 1 fully saturated rings. The Balaban J connectivity index is 0.00000200. The van der Waals surface area contributed by atoms with Crippen LogP contribution in [0.1, 0.15) is 36.8 Å². The van der Waals surface area contributed by atoms with Crippen molar-refractivity contribution in [1.82, 2.24) is 19.9 Å². The summed E-state index contributed by atoms with van der Waals surface area (Å²) in [6.45, 7) is 6.75. The number of carbonyl (C=O) groups excluding carboxylic acids is 1. The van der Waals surface area contributed by atoms with E-state index < -0.39 is 5.97 Å². The molecule has 0 radical (unpaired) electrons. The summed E-state index contributed by atoms with van der Waals surface area (Å²) in [6, 6.07) is 0.244. The first-order valence-corrected chi connectivity index (χ1v) is 6.40. The molecular formula is C12H22ClN5O2. The number of rotatable bonds is 4. The zero-order valence-electron chi connectivity index (χ0n) is 12.1. The Bertz CT molecular complexity index is 457. The fraction of sp³-hybridized carbons (Fsp3) is 0.750. The van der Waals surface area contributed by atoms with Crippen LogP contribution in [0.15, 0.2) is 6.20 Å². The summed E-state index contributed by atoms with van der Waals surface area (Å²) in [7, 11) is 1.34. The largest absolute Gasteiger partial charge is 0.464 e. The minimum Gasteiger partial charge on any atom is -0.464 e. The number of carbonyl (C=O) groups is 1. The van der Waals surface area contributed by atoms with Crippen molar-refractivity contribution >= 4 is 18.4 Å². The summed E-state index contributed by atoms with van der Waals surface area (Å²) in [5.74, 6) is -0.454. The number of methoxy groups -OCH3 is 1. The van der Waals surface area contributed by atoms with Crippen LogP contribution < -0.4 is 5.73 Å². The van der Waals surface area contributed by atoms with Gasteiger partial charge in [-0.05, 0) is 20.3 Å². The van der Waals surface area contributed by atoms with Crippen molar-refractivity contribution in [3.63, 3.8) is 0 Å². The molecule has 2 rings (SSSR count). The monoisotopic (exact) mass is 303 g/mol. The van der Waals surface area contributed by atoms with E-state index in [9.17, 15) is 4.79 Å². The molecule has 114 valence electrons. The SMILES string of the molecule is COC(=O)c1cn(C2CCN(CC(C)(C)N)C2)nn1.Cl. The molecule has 1 saturated heterocycles. The minimum atomic E-state index is -0.454. The van der Waals surface area contributed by atoms with Crippen LogP contribution in [0, 0.1) is 0 Å². The molecule has 1 aromatic heterocycles. The number of ether oxygens (including phenoxy) is 1. The minimum absolute atomic E-state index is 0. The van der Waals surface area contributed by atoms with Crippen molar-refractivity contribution in [2.75, 3.05) is 26.7 Å². The van der Waals surface area contributed by atoms with Gasteiger partial charge >= 0.3 is 5.97 Å². The van der Waals surface area contributed by atoms with Gasteiger partial charge in [-0.15, -0.1) is 17.5 Å². The first-order chi connectivity index (χ1) is 8.89. The molecule has 0 aliphatic carbocycles. The molecule has 1 atom stereocenters. The van der Waals surface area contributed by atoms with Gasteiger partial charge in [0, 0.05) is 25.2 Å². The summed E-state index contributed by atoms with van der Waals surface area (Å²) in [4.78, 5) is 13.6. The quantitative estimate of drug-likeness (QED) is 0.814. The topological polar surface area (TPSA) is 86.3 Å². The zero-order chi connectivity index (χ0) is 14.0. The Morgan fingerprint density at radius 3 is 2.90 bits per heavy atom. The van der Waals surface area contributed by atoms with Crippen LogP contribution >= 0.6 is 12.4 Å². The van der Waals surface area contributed by atoms with Crippen LogP contribution in [-0.2, 0) is 4.74 Å². The van der Waals surface area contributed by atoms with Crippen LogP contribution in [0.4, 0.5) is 0 Å². The molecule has 0 bridgehead atoms. The number of nitrogens with zero attached hydrogens (tertiary/aromatic N) is 4. The maximum Gasteiger partial charge on any atom is 0.360 e. The molecular weight excluding hydrogens is 282 g/mol. The number of hydrogen-bond acceptors (Lipinski definition) is 6. The highest BCUT2D eigenvalue weighted by Gasteiger charge is 2.28. The van der Waals surface area contributed by atoms with E-state index in [-0.39, 0.29) is 29.7 Å². The Labute approximate surface area is 124 Å². The van der Waals surface area contributed by atoms with Crippen molar-refractivity contribution in [2.45, 2.75) is 31.8 Å². The third-order valence-corrected chi connectivity index (χ3v) is 3.16. The standard InChI is InChI=1S/C12H21N5O2.ClH/c1-12(2,13)8-16-5-4-9(6-16)17-7-10(14-15-17)11(18)19-3;/h7,9H,4-6,8,13H2,1-3H3;1H. The number of likely N-dealkylation sites (tertiary alicyclic amines) is 1. The maximum absolute atomic E-state index is 11.3. The summed E-state index contributed by atoms with van der Waals surface area (Å²) in [5, 5.41) is 7.83. The Morgan fingerprint density at radius 1 is 1.60 bits per heavy atom. The van der Waals surface area contributed by atoms with E-state index in [1.54, 1.807) is 10.9 Å². The van der Waals surface area contributed by atoms with Gasteiger partial charge in [-0.25, -0.2) is 9.48 Å². The van der Waals surface area contributed by atoms with Crippen LogP contribution in [0.25, 0.3) is 0 Å². The van der Waals surface area contributed by atoms with E-state index in [1.165, 1.54) is 7.11 Å². The van der Waals surface area contributed by atoms with Crippen molar-refractivity contribution in [2.24, 2.45) is 5.73 Å². The molecule has 1 aromatic rings. The van der Waals surface area contributed by atoms with Gasteiger partial charge in [-0.1, -0.05) is 5.21 Å². The Morgan fingerprint density at radius 2 is 2.30 bits per heavy atom. The van der Waals surface area contributed by atoms with E-state index in [0.29, 0.717) is 0 Å². The van der Waals surface area contributed by atoms with E-state index in [2.05, 4.69) is 19.9 Å². The smallest absolute Gasteiger partial charge is 0.360 e. The van der Waals surface area contributed by atoms with E-state index >= 15 is 0 Å². The molecule has 1 aliphatic heterocycles. The summed E-state index contributed by atoms with van der Waals surface area (Å²) in [5.41, 5.74) is 6.07. The van der Waals surface area contributed by atoms with Crippen molar-refractivity contribution < 1.29 is 9.53 Å². The highest BCUT2D eigenvalue weighted by Crippen LogP contribution is 2.21. The molecule has 20 heavy (non-hydrogen) atoms. The summed E-state index contributed by atoms with van der Waals surface area (Å²) < 4.78 is 6.36. The van der Waals surface area contributed by atoms with E-state index in [0.717, 1.165) is 26.1 Å². The number of aromatic nitrogens is 3. The average molecular weight is 304 g/mol. The molecule has 0 saturated carbocycles. The molecule has 1 unspecified atom stereocenters. The molecule has 1 aliphatic rings. The predicted molar refractivity (Wildman–Crippen MR) is 77.0 cm³/mol. The normalized spacial score (nSPS) is 19.7. The maximum atomic E-state index is 11.3. The van der Waals surface area contributed by atoms with Gasteiger partial charge in [0.1, 0.15) is 0 Å². The van der Waals surface area contributed by atoms with Gasteiger partial charge in [-0.2, -0.15) is 0 Å². The van der Waals surface area contributed by atoms with Crippen molar-refractivity contribution in [3.8, 4) is 0 Å². The summed E-state index contributed by atoms with van der Waals surface area (Å²) >= 11 is 0. The number of hydrogen-bond donors (Lipinski definition) is 1. The predicted octanol–water partition coefficient (Wildman–Crippen LogP) is 0.471. The van der Waals surface area contributed by atoms with Gasteiger partial charge in [0.05, 0.1) is 19.3 Å². The van der Waals surface area contributed by atoms with E-state index in [1.807, 2.05) is 13.8 Å². The molecule has 0 aromatic carbocycles. The molecule has 0 spiro atoms. The lowest BCUT2D eigenvalue weighted by atomic mass is 10.1. The third kappa shape index (κ3) is 4.16. The lowest BCUT2D eigenvalue weighted by Crippen LogP contribution is -2.44. The highest BCUT2D eigenvalue weighted by atomic mass is 35.5. The number of halogens is 1. The Hall–Kier alpha value is -1.18. The second-order valence-corrected chi connectivity index (χ2v) is 5.74.